The number of non-ortho nitro benzene ring substituents is 1. The molecule has 0 saturated heterocycles. The molecule has 0 aliphatic rings. The first-order valence-corrected chi connectivity index (χ1v) is 10.7. The Morgan fingerprint density at radius 1 is 1.12 bits per heavy atom. The van der Waals surface area contributed by atoms with Crippen molar-refractivity contribution in [2.45, 2.75) is 13.3 Å². The molecule has 4 rings (SSSR count). The number of amides is 2. The molecule has 2 aromatic heterocycles. The molecule has 0 radical (unpaired) electrons. The summed E-state index contributed by atoms with van der Waals surface area (Å²) in [6.07, 6.45) is -2.86. The van der Waals surface area contributed by atoms with E-state index in [1.807, 2.05) is 6.92 Å². The van der Waals surface area contributed by atoms with Crippen LogP contribution in [0.3, 0.4) is 0 Å². The number of anilines is 1. The molecule has 2 heterocycles. The Bertz CT molecular complexity index is 1430. The summed E-state index contributed by atoms with van der Waals surface area (Å²) in [5.41, 5.74) is 6.87. The second-order valence-corrected chi connectivity index (χ2v) is 8.37. The number of nitro benzene ring substituents is 1. The van der Waals surface area contributed by atoms with Crippen molar-refractivity contribution in [3.05, 3.63) is 86.4 Å². The number of nitrogens with two attached hydrogens (primary N) is 1. The molecule has 0 spiro atoms. The lowest BCUT2D eigenvalue weighted by molar-refractivity contribution is -0.384. The van der Waals surface area contributed by atoms with Gasteiger partial charge < -0.3 is 11.1 Å². The molecule has 3 N–H and O–H groups in total. The van der Waals surface area contributed by atoms with Gasteiger partial charge in [0.25, 0.3) is 23.9 Å². The van der Waals surface area contributed by atoms with Gasteiger partial charge in [-0.2, -0.15) is 0 Å². The van der Waals surface area contributed by atoms with E-state index in [0.29, 0.717) is 16.5 Å². The van der Waals surface area contributed by atoms with Crippen molar-refractivity contribution < 1.29 is 23.3 Å². The molecule has 2 aromatic carbocycles. The fraction of sp³-hybridized carbons (Fsp3) is 0.0870. The molecule has 34 heavy (non-hydrogen) atoms. The van der Waals surface area contributed by atoms with Gasteiger partial charge in [-0.25, -0.2) is 13.8 Å². The van der Waals surface area contributed by atoms with Gasteiger partial charge in [-0.15, -0.1) is 11.3 Å². The number of hydrogen-bond acceptors (Lipinski definition) is 6. The Labute approximate surface area is 195 Å². The number of nitrogens with zero attached hydrogens (tertiary/aromatic N) is 2. The topological polar surface area (TPSA) is 128 Å². The number of thiophene rings is 1. The second kappa shape index (κ2) is 8.94. The Kier molecular flexibility index (Phi) is 6.03. The van der Waals surface area contributed by atoms with E-state index in [1.54, 1.807) is 24.3 Å². The molecule has 0 bridgehead atoms. The van der Waals surface area contributed by atoms with E-state index in [2.05, 4.69) is 10.3 Å². The minimum absolute atomic E-state index is 0.0414. The summed E-state index contributed by atoms with van der Waals surface area (Å²) in [4.78, 5) is 39.4. The van der Waals surface area contributed by atoms with Crippen LogP contribution in [0, 0.1) is 17.0 Å². The van der Waals surface area contributed by atoms with Crippen molar-refractivity contribution in [2.24, 2.45) is 5.73 Å². The first-order chi connectivity index (χ1) is 16.2. The van der Waals surface area contributed by atoms with Crippen molar-refractivity contribution in [3.63, 3.8) is 0 Å². The molecule has 172 valence electrons. The van der Waals surface area contributed by atoms with Crippen LogP contribution in [0.15, 0.2) is 54.6 Å². The molecule has 0 saturated carbocycles. The Morgan fingerprint density at radius 2 is 1.76 bits per heavy atom. The van der Waals surface area contributed by atoms with Crippen molar-refractivity contribution >= 4 is 44.7 Å². The van der Waals surface area contributed by atoms with Gasteiger partial charge in [0.2, 0.25) is 0 Å². The maximum Gasteiger partial charge on any atom is 0.280 e. The minimum atomic E-state index is -2.86. The molecule has 0 unspecified atom stereocenters. The fourth-order valence-electron chi connectivity index (χ4n) is 3.40. The summed E-state index contributed by atoms with van der Waals surface area (Å²) in [7, 11) is 0. The largest absolute Gasteiger partial charge is 0.365 e. The number of nitrogens with one attached hydrogen (secondary N) is 1. The third kappa shape index (κ3) is 4.33. The molecule has 0 fully saturated rings. The van der Waals surface area contributed by atoms with Crippen molar-refractivity contribution in [1.29, 1.82) is 0 Å². The number of primary amides is 1. The zero-order valence-electron chi connectivity index (χ0n) is 17.5. The van der Waals surface area contributed by atoms with Crippen LogP contribution < -0.4 is 11.1 Å². The summed E-state index contributed by atoms with van der Waals surface area (Å²) >= 11 is 0.796. The number of aryl methyl sites for hydroxylation is 1. The molecule has 0 atom stereocenters. The summed E-state index contributed by atoms with van der Waals surface area (Å²) < 4.78 is 27.1. The van der Waals surface area contributed by atoms with Crippen LogP contribution in [0.1, 0.15) is 37.7 Å². The highest BCUT2D eigenvalue weighted by molar-refractivity contribution is 7.21. The van der Waals surface area contributed by atoms with Crippen molar-refractivity contribution in [2.75, 3.05) is 5.32 Å². The van der Waals surface area contributed by atoms with Crippen LogP contribution in [0.4, 0.5) is 20.2 Å². The Balaban J connectivity index is 1.90. The lowest BCUT2D eigenvalue weighted by atomic mass is 10.00. The lowest BCUT2D eigenvalue weighted by Crippen LogP contribution is -2.16. The number of carbonyl (C=O) groups is 2. The maximum absolute atomic E-state index is 13.6. The van der Waals surface area contributed by atoms with E-state index >= 15 is 0 Å². The molecule has 8 nitrogen and oxygen atoms in total. The molecule has 2 amide bonds. The minimum Gasteiger partial charge on any atom is -0.365 e. The molecule has 0 aliphatic heterocycles. The Hall–Kier alpha value is -4.25. The zero-order chi connectivity index (χ0) is 24.6. The van der Waals surface area contributed by atoms with Crippen LogP contribution >= 0.6 is 11.3 Å². The van der Waals surface area contributed by atoms with E-state index in [4.69, 9.17) is 5.73 Å². The fourth-order valence-corrected chi connectivity index (χ4v) is 4.42. The number of benzene rings is 2. The monoisotopic (exact) mass is 482 g/mol. The molecular formula is C23H16F2N4O4S. The summed E-state index contributed by atoms with van der Waals surface area (Å²) in [5.74, 6) is -1.53. The van der Waals surface area contributed by atoms with Gasteiger partial charge in [0.15, 0.2) is 0 Å². The SMILES string of the molecule is Cc1ccc(-c2cc(C(F)F)nc3sc(C(N)=O)c(NC(=O)c4ccc([N+](=O)[O-])cc4)c23)cc1. The number of fused-ring (bicyclic) bond motifs is 1. The number of nitro groups is 1. The molecule has 0 aliphatic carbocycles. The van der Waals surface area contributed by atoms with Gasteiger partial charge in [-0.3, -0.25) is 19.7 Å². The highest BCUT2D eigenvalue weighted by Crippen LogP contribution is 2.42. The first-order valence-electron chi connectivity index (χ1n) is 9.84. The third-order valence-corrected chi connectivity index (χ3v) is 6.17. The third-order valence-electron chi connectivity index (χ3n) is 5.07. The molecule has 4 aromatic rings. The van der Waals surface area contributed by atoms with Crippen LogP contribution in [-0.2, 0) is 0 Å². The standard InChI is InChI=1S/C23H16F2N4O4S/c1-11-2-4-12(5-3-11)15-10-16(20(24)25)27-23-17(15)18(19(34-23)21(26)30)28-22(31)13-6-8-14(9-7-13)29(32)33/h2-10,20H,1H3,(H2,26,30)(H,28,31). The van der Waals surface area contributed by atoms with Crippen LogP contribution in [0.5, 0.6) is 0 Å². The van der Waals surface area contributed by atoms with E-state index in [1.165, 1.54) is 30.3 Å². The zero-order valence-corrected chi connectivity index (χ0v) is 18.4. The van der Waals surface area contributed by atoms with Crippen LogP contribution in [0.2, 0.25) is 0 Å². The predicted molar refractivity (Wildman–Crippen MR) is 124 cm³/mol. The molecule has 11 heteroatoms. The summed E-state index contributed by atoms with van der Waals surface area (Å²) in [5, 5.41) is 13.8. The van der Waals surface area contributed by atoms with Gasteiger partial charge >= 0.3 is 0 Å². The van der Waals surface area contributed by atoms with E-state index in [9.17, 15) is 28.5 Å². The normalized spacial score (nSPS) is 11.1. The van der Waals surface area contributed by atoms with Gasteiger partial charge in [-0.05, 0) is 36.2 Å². The Morgan fingerprint density at radius 3 is 2.32 bits per heavy atom. The second-order valence-electron chi connectivity index (χ2n) is 7.37. The number of rotatable bonds is 6. The van der Waals surface area contributed by atoms with Crippen LogP contribution in [0.25, 0.3) is 21.3 Å². The average molecular weight is 482 g/mol. The number of carbonyl (C=O) groups excluding carboxylic acids is 2. The number of alkyl halides is 2. The smallest absolute Gasteiger partial charge is 0.280 e. The quantitative estimate of drug-likeness (QED) is 0.278. The highest BCUT2D eigenvalue weighted by atomic mass is 32.1. The number of hydrogen-bond donors (Lipinski definition) is 2. The van der Waals surface area contributed by atoms with E-state index in [-0.39, 0.29) is 26.6 Å². The van der Waals surface area contributed by atoms with Gasteiger partial charge in [0, 0.05) is 23.1 Å². The van der Waals surface area contributed by atoms with Gasteiger partial charge in [0.1, 0.15) is 15.4 Å². The summed E-state index contributed by atoms with van der Waals surface area (Å²) in [6.45, 7) is 1.88. The first kappa shape index (κ1) is 22.9. The number of halogens is 2. The highest BCUT2D eigenvalue weighted by Gasteiger charge is 2.25. The van der Waals surface area contributed by atoms with Crippen LogP contribution in [-0.4, -0.2) is 21.7 Å². The van der Waals surface area contributed by atoms with Crippen molar-refractivity contribution in [1.82, 2.24) is 4.98 Å². The molecular weight excluding hydrogens is 466 g/mol. The van der Waals surface area contributed by atoms with Gasteiger partial charge in [-0.1, -0.05) is 29.8 Å². The van der Waals surface area contributed by atoms with E-state index in [0.717, 1.165) is 16.9 Å². The maximum atomic E-state index is 13.6. The number of aromatic nitrogens is 1. The predicted octanol–water partition coefficient (Wildman–Crippen LogP) is 5.47. The number of pyridine rings is 1. The lowest BCUT2D eigenvalue weighted by Gasteiger charge is -2.11. The summed E-state index contributed by atoms with van der Waals surface area (Å²) in [6, 6.07) is 13.2. The van der Waals surface area contributed by atoms with E-state index < -0.39 is 28.9 Å². The van der Waals surface area contributed by atoms with Crippen molar-refractivity contribution in [3.8, 4) is 11.1 Å². The van der Waals surface area contributed by atoms with Gasteiger partial charge in [0.05, 0.1) is 10.6 Å². The average Bonchev–Trinajstić information content (AvgIpc) is 3.17.